The number of amides is 1. The Morgan fingerprint density at radius 3 is 2.76 bits per heavy atom. The summed E-state index contributed by atoms with van der Waals surface area (Å²) in [5.41, 5.74) is 2.74. The van der Waals surface area contributed by atoms with Gasteiger partial charge in [-0.25, -0.2) is 9.67 Å². The fraction of sp³-hybridized carbons (Fsp3) is 0.476. The van der Waals surface area contributed by atoms with Crippen LogP contribution >= 0.6 is 0 Å². The summed E-state index contributed by atoms with van der Waals surface area (Å²) in [6.45, 7) is 3.96. The van der Waals surface area contributed by atoms with Crippen LogP contribution in [0.2, 0.25) is 0 Å². The molecule has 8 nitrogen and oxygen atoms in total. The van der Waals surface area contributed by atoms with E-state index in [1.54, 1.807) is 4.68 Å². The van der Waals surface area contributed by atoms with Gasteiger partial charge in [0.15, 0.2) is 11.2 Å². The summed E-state index contributed by atoms with van der Waals surface area (Å²) in [6.07, 6.45) is 3.84. The summed E-state index contributed by atoms with van der Waals surface area (Å²) < 4.78 is 1.68. The highest BCUT2D eigenvalue weighted by Crippen LogP contribution is 2.33. The minimum atomic E-state index is -0.272. The predicted molar refractivity (Wildman–Crippen MR) is 108 cm³/mol. The van der Waals surface area contributed by atoms with Gasteiger partial charge in [-0.2, -0.15) is 0 Å². The molecule has 8 heteroatoms. The quantitative estimate of drug-likeness (QED) is 0.732. The van der Waals surface area contributed by atoms with Crippen LogP contribution in [0.3, 0.4) is 0 Å². The fourth-order valence-corrected chi connectivity index (χ4v) is 4.04. The molecule has 150 valence electrons. The Labute approximate surface area is 167 Å². The highest BCUT2D eigenvalue weighted by atomic mass is 16.2. The Bertz CT molecular complexity index is 1110. The van der Waals surface area contributed by atoms with Crippen LogP contribution in [0.1, 0.15) is 48.6 Å². The van der Waals surface area contributed by atoms with Crippen molar-refractivity contribution < 1.29 is 4.79 Å². The lowest BCUT2D eigenvalue weighted by Crippen LogP contribution is -2.40. The summed E-state index contributed by atoms with van der Waals surface area (Å²) in [7, 11) is 0. The third-order valence-electron chi connectivity index (χ3n) is 5.89. The Hall–Kier alpha value is -3.03. The van der Waals surface area contributed by atoms with E-state index in [1.165, 1.54) is 5.56 Å². The number of carbonyl (C=O) groups is 1. The number of aryl methyl sites for hydroxylation is 1. The highest BCUT2D eigenvalue weighted by molar-refractivity contribution is 5.81. The van der Waals surface area contributed by atoms with Crippen LogP contribution in [0.5, 0.6) is 0 Å². The predicted octanol–water partition coefficient (Wildman–Crippen LogP) is 1.99. The summed E-state index contributed by atoms with van der Waals surface area (Å²) in [5, 5.41) is 8.19. The Morgan fingerprint density at radius 2 is 2.00 bits per heavy atom. The van der Waals surface area contributed by atoms with E-state index in [0.29, 0.717) is 24.6 Å². The number of likely N-dealkylation sites (tertiary alicyclic amines) is 1. The van der Waals surface area contributed by atoms with Crippen LogP contribution in [0, 0.1) is 12.8 Å². The van der Waals surface area contributed by atoms with Crippen molar-refractivity contribution in [3.05, 3.63) is 51.6 Å². The van der Waals surface area contributed by atoms with Crippen LogP contribution in [0.15, 0.2) is 29.1 Å². The number of rotatable bonds is 4. The van der Waals surface area contributed by atoms with Crippen molar-refractivity contribution in [1.29, 1.82) is 0 Å². The largest absolute Gasteiger partial charge is 0.342 e. The van der Waals surface area contributed by atoms with Crippen LogP contribution in [0.4, 0.5) is 0 Å². The second kappa shape index (κ2) is 7.09. The molecule has 2 aliphatic rings. The fourth-order valence-electron chi connectivity index (χ4n) is 4.04. The molecule has 1 aliphatic heterocycles. The summed E-state index contributed by atoms with van der Waals surface area (Å²) in [6, 6.07) is 8.18. The van der Waals surface area contributed by atoms with Crippen LogP contribution in [-0.4, -0.2) is 48.9 Å². The minimum Gasteiger partial charge on any atom is -0.342 e. The van der Waals surface area contributed by atoms with Gasteiger partial charge < -0.3 is 9.88 Å². The number of nitrogens with one attached hydrogen (secondary N) is 1. The highest BCUT2D eigenvalue weighted by Gasteiger charge is 2.36. The monoisotopic (exact) mass is 392 g/mol. The first-order chi connectivity index (χ1) is 14.1. The lowest BCUT2D eigenvalue weighted by Gasteiger charge is -2.32. The third kappa shape index (κ3) is 3.54. The molecule has 3 heterocycles. The van der Waals surface area contributed by atoms with Crippen molar-refractivity contribution in [3.63, 3.8) is 0 Å². The molecule has 1 aromatic carbocycles. The van der Waals surface area contributed by atoms with E-state index in [9.17, 15) is 9.59 Å². The average molecular weight is 392 g/mol. The molecule has 0 bridgehead atoms. The molecular formula is C21H24N6O2. The summed E-state index contributed by atoms with van der Waals surface area (Å²) in [5.74, 6) is 1.13. The molecule has 3 aromatic rings. The molecule has 2 aromatic heterocycles. The van der Waals surface area contributed by atoms with Gasteiger partial charge in [0.1, 0.15) is 5.82 Å². The van der Waals surface area contributed by atoms with Gasteiger partial charge in [0.2, 0.25) is 5.91 Å². The van der Waals surface area contributed by atoms with Crippen molar-refractivity contribution in [1.82, 2.24) is 29.9 Å². The van der Waals surface area contributed by atoms with E-state index in [4.69, 9.17) is 4.98 Å². The molecule has 0 radical (unpaired) electrons. The topological polar surface area (TPSA) is 96.8 Å². The Morgan fingerprint density at radius 1 is 1.21 bits per heavy atom. The van der Waals surface area contributed by atoms with E-state index in [0.717, 1.165) is 37.8 Å². The van der Waals surface area contributed by atoms with Gasteiger partial charge in [-0.1, -0.05) is 35.0 Å². The summed E-state index contributed by atoms with van der Waals surface area (Å²) in [4.78, 5) is 34.6. The zero-order chi connectivity index (χ0) is 20.0. The molecule has 1 saturated carbocycles. The number of H-pyrrole nitrogens is 1. The smallest absolute Gasteiger partial charge is 0.281 e. The van der Waals surface area contributed by atoms with E-state index >= 15 is 0 Å². The molecule has 2 fully saturated rings. The molecule has 1 N–H and O–H groups in total. The zero-order valence-corrected chi connectivity index (χ0v) is 16.5. The lowest BCUT2D eigenvalue weighted by atomic mass is 9.96. The average Bonchev–Trinajstić information content (AvgIpc) is 3.51. The number of aromatic nitrogens is 5. The number of aromatic amines is 1. The Balaban J connectivity index is 1.44. The van der Waals surface area contributed by atoms with Gasteiger partial charge in [-0.05, 0) is 38.2 Å². The molecule has 1 aliphatic carbocycles. The number of piperidine rings is 1. The van der Waals surface area contributed by atoms with Crippen molar-refractivity contribution in [2.24, 2.45) is 5.92 Å². The van der Waals surface area contributed by atoms with Crippen molar-refractivity contribution in [2.45, 2.75) is 45.1 Å². The summed E-state index contributed by atoms with van der Waals surface area (Å²) >= 11 is 0. The maximum atomic E-state index is 12.6. The SMILES string of the molecule is Cc1ccc(Cn2nnc3c(=O)[nH]c([C@H]4CCCN(C(=O)C5CC5)C4)nc32)cc1. The van der Waals surface area contributed by atoms with Gasteiger partial charge in [0.05, 0.1) is 6.54 Å². The standard InChI is InChI=1S/C21H24N6O2/c1-13-4-6-14(7-5-13)11-27-19-17(24-25-27)20(28)23-18(22-19)16-3-2-10-26(12-16)21(29)15-8-9-15/h4-7,15-16H,2-3,8-12H2,1H3,(H,22,23,28)/t16-/m0/s1. The first-order valence-electron chi connectivity index (χ1n) is 10.3. The lowest BCUT2D eigenvalue weighted by molar-refractivity contribution is -0.133. The number of benzene rings is 1. The van der Waals surface area contributed by atoms with Crippen LogP contribution in [0.25, 0.3) is 11.2 Å². The number of fused-ring (bicyclic) bond motifs is 1. The van der Waals surface area contributed by atoms with E-state index in [2.05, 4.69) is 15.3 Å². The molecule has 1 saturated heterocycles. The Kier molecular flexibility index (Phi) is 4.41. The molecule has 5 rings (SSSR count). The second-order valence-corrected chi connectivity index (χ2v) is 8.25. The number of hydrogen-bond donors (Lipinski definition) is 1. The van der Waals surface area contributed by atoms with Crippen molar-refractivity contribution >= 4 is 17.1 Å². The van der Waals surface area contributed by atoms with Gasteiger partial charge >= 0.3 is 0 Å². The third-order valence-corrected chi connectivity index (χ3v) is 5.89. The molecule has 0 spiro atoms. The maximum Gasteiger partial charge on any atom is 0.281 e. The zero-order valence-electron chi connectivity index (χ0n) is 16.5. The van der Waals surface area contributed by atoms with Gasteiger partial charge in [0, 0.05) is 24.9 Å². The normalized spacial score (nSPS) is 19.6. The van der Waals surface area contributed by atoms with Gasteiger partial charge in [-0.15, -0.1) is 5.10 Å². The number of nitrogens with zero attached hydrogens (tertiary/aromatic N) is 5. The van der Waals surface area contributed by atoms with E-state index < -0.39 is 0 Å². The maximum absolute atomic E-state index is 12.6. The first kappa shape index (κ1) is 18.0. The van der Waals surface area contributed by atoms with E-state index in [1.807, 2.05) is 36.1 Å². The van der Waals surface area contributed by atoms with Crippen molar-refractivity contribution in [3.8, 4) is 0 Å². The van der Waals surface area contributed by atoms with Crippen LogP contribution < -0.4 is 5.56 Å². The minimum absolute atomic E-state index is 0.0336. The number of hydrogen-bond acceptors (Lipinski definition) is 5. The molecular weight excluding hydrogens is 368 g/mol. The second-order valence-electron chi connectivity index (χ2n) is 8.25. The van der Waals surface area contributed by atoms with Crippen LogP contribution in [-0.2, 0) is 11.3 Å². The number of carbonyl (C=O) groups excluding carboxylic acids is 1. The first-order valence-corrected chi connectivity index (χ1v) is 10.3. The van der Waals surface area contributed by atoms with Gasteiger partial charge in [0.25, 0.3) is 5.56 Å². The molecule has 29 heavy (non-hydrogen) atoms. The molecule has 1 amide bonds. The molecule has 1 atom stereocenters. The van der Waals surface area contributed by atoms with E-state index in [-0.39, 0.29) is 28.8 Å². The van der Waals surface area contributed by atoms with Crippen molar-refractivity contribution in [2.75, 3.05) is 13.1 Å². The van der Waals surface area contributed by atoms with Gasteiger partial charge in [-0.3, -0.25) is 9.59 Å². The molecule has 0 unspecified atom stereocenters.